The molecule has 2 heterocycles. The first kappa shape index (κ1) is 21.6. The van der Waals surface area contributed by atoms with Crippen LogP contribution in [0.1, 0.15) is 15.9 Å². The van der Waals surface area contributed by atoms with Crippen LogP contribution in [-0.2, 0) is 11.3 Å². The molecule has 1 aliphatic heterocycles. The number of nitrogens with zero attached hydrogens (tertiary/aromatic N) is 1. The van der Waals surface area contributed by atoms with Gasteiger partial charge in [0.1, 0.15) is 12.7 Å². The van der Waals surface area contributed by atoms with Gasteiger partial charge in [-0.1, -0.05) is 41.9 Å². The fourth-order valence-electron chi connectivity index (χ4n) is 2.94. The number of pyridine rings is 1. The third kappa shape index (κ3) is 5.96. The lowest BCUT2D eigenvalue weighted by atomic mass is 10.2. The summed E-state index contributed by atoms with van der Waals surface area (Å²) in [6.45, 7) is 1.67. The number of nitrogens with one attached hydrogen (secondary N) is 3. The number of carbonyl (C=O) groups excluding carboxylic acids is 2. The molecule has 2 amide bonds. The van der Waals surface area contributed by atoms with Crippen molar-refractivity contribution in [3.8, 4) is 5.88 Å². The van der Waals surface area contributed by atoms with Crippen molar-refractivity contribution < 1.29 is 19.1 Å². The molecule has 1 aliphatic rings. The van der Waals surface area contributed by atoms with E-state index < -0.39 is 12.0 Å². The second kappa shape index (κ2) is 10.1. The molecule has 1 aromatic heterocycles. The van der Waals surface area contributed by atoms with E-state index in [4.69, 9.17) is 21.1 Å². The van der Waals surface area contributed by atoms with Crippen LogP contribution >= 0.6 is 11.6 Å². The maximum absolute atomic E-state index is 12.7. The SMILES string of the molecule is O=C(Nc1cc(Cl)cc(C(=O)Nc2ccnc(OC3CNC3)c2)c1)OCc1ccccc1. The summed E-state index contributed by atoms with van der Waals surface area (Å²) in [5.74, 6) is 0.0413. The largest absolute Gasteiger partial charge is 0.472 e. The van der Waals surface area contributed by atoms with Crippen molar-refractivity contribution in [3.05, 3.63) is 83.0 Å². The molecule has 0 unspecified atom stereocenters. The fraction of sp³-hybridized carbons (Fsp3) is 0.174. The number of carbonyl (C=O) groups is 2. The Kier molecular flexibility index (Phi) is 6.84. The molecule has 8 nitrogen and oxygen atoms in total. The zero-order valence-corrected chi connectivity index (χ0v) is 17.8. The summed E-state index contributed by atoms with van der Waals surface area (Å²) in [6, 6.07) is 17.2. The molecule has 0 saturated carbocycles. The van der Waals surface area contributed by atoms with Crippen molar-refractivity contribution in [1.82, 2.24) is 10.3 Å². The summed E-state index contributed by atoms with van der Waals surface area (Å²) in [7, 11) is 0. The lowest BCUT2D eigenvalue weighted by Crippen LogP contribution is -2.50. The number of halogens is 1. The fourth-order valence-corrected chi connectivity index (χ4v) is 3.18. The van der Waals surface area contributed by atoms with Gasteiger partial charge in [0.05, 0.1) is 0 Å². The van der Waals surface area contributed by atoms with Crippen LogP contribution in [0.3, 0.4) is 0 Å². The Balaban J connectivity index is 1.37. The van der Waals surface area contributed by atoms with E-state index in [0.29, 0.717) is 22.3 Å². The molecule has 32 heavy (non-hydrogen) atoms. The smallest absolute Gasteiger partial charge is 0.411 e. The van der Waals surface area contributed by atoms with E-state index in [0.717, 1.165) is 18.7 Å². The van der Waals surface area contributed by atoms with Crippen molar-refractivity contribution >= 4 is 35.0 Å². The summed E-state index contributed by atoms with van der Waals surface area (Å²) in [6.07, 6.45) is 0.991. The maximum atomic E-state index is 12.7. The Morgan fingerprint density at radius 2 is 1.84 bits per heavy atom. The maximum Gasteiger partial charge on any atom is 0.411 e. The molecule has 3 aromatic rings. The van der Waals surface area contributed by atoms with Gasteiger partial charge in [-0.25, -0.2) is 9.78 Å². The molecule has 9 heteroatoms. The van der Waals surface area contributed by atoms with E-state index in [9.17, 15) is 9.59 Å². The number of anilines is 2. The first-order valence-electron chi connectivity index (χ1n) is 9.98. The minimum Gasteiger partial charge on any atom is -0.472 e. The minimum atomic E-state index is -0.649. The summed E-state index contributed by atoms with van der Waals surface area (Å²) < 4.78 is 10.9. The van der Waals surface area contributed by atoms with Gasteiger partial charge >= 0.3 is 6.09 Å². The van der Waals surface area contributed by atoms with Crippen molar-refractivity contribution in [1.29, 1.82) is 0 Å². The number of hydrogen-bond donors (Lipinski definition) is 3. The number of benzene rings is 2. The zero-order valence-electron chi connectivity index (χ0n) is 17.0. The monoisotopic (exact) mass is 452 g/mol. The molecule has 164 valence electrons. The number of rotatable bonds is 7. The van der Waals surface area contributed by atoms with E-state index >= 15 is 0 Å². The predicted molar refractivity (Wildman–Crippen MR) is 121 cm³/mol. The van der Waals surface area contributed by atoms with Gasteiger partial charge in [0.25, 0.3) is 5.91 Å². The lowest BCUT2D eigenvalue weighted by Gasteiger charge is -2.27. The van der Waals surface area contributed by atoms with Crippen LogP contribution in [0.15, 0.2) is 66.9 Å². The summed E-state index contributed by atoms with van der Waals surface area (Å²) in [4.78, 5) is 29.0. The topological polar surface area (TPSA) is 102 Å². The van der Waals surface area contributed by atoms with Gasteiger partial charge in [0, 0.05) is 47.3 Å². The van der Waals surface area contributed by atoms with E-state index in [2.05, 4.69) is 20.9 Å². The Bertz CT molecular complexity index is 1110. The van der Waals surface area contributed by atoms with E-state index in [1.807, 2.05) is 30.3 Å². The normalized spacial score (nSPS) is 13.0. The van der Waals surface area contributed by atoms with Gasteiger partial charge in [-0.15, -0.1) is 0 Å². The van der Waals surface area contributed by atoms with Gasteiger partial charge in [0.2, 0.25) is 5.88 Å². The highest BCUT2D eigenvalue weighted by molar-refractivity contribution is 6.31. The first-order chi connectivity index (χ1) is 15.5. The number of ether oxygens (including phenoxy) is 2. The average Bonchev–Trinajstić information content (AvgIpc) is 2.75. The quantitative estimate of drug-likeness (QED) is 0.499. The van der Waals surface area contributed by atoms with Crippen LogP contribution in [0.4, 0.5) is 16.2 Å². The van der Waals surface area contributed by atoms with Crippen LogP contribution in [0.25, 0.3) is 0 Å². The molecule has 0 radical (unpaired) electrons. The number of amides is 2. The molecule has 0 atom stereocenters. The molecule has 3 N–H and O–H groups in total. The van der Waals surface area contributed by atoms with Gasteiger partial charge in [-0.3, -0.25) is 10.1 Å². The van der Waals surface area contributed by atoms with Crippen LogP contribution in [0, 0.1) is 0 Å². The number of hydrogen-bond acceptors (Lipinski definition) is 6. The molecule has 1 fully saturated rings. The van der Waals surface area contributed by atoms with Crippen LogP contribution < -0.4 is 20.7 Å². The summed E-state index contributed by atoms with van der Waals surface area (Å²) >= 11 is 6.15. The van der Waals surface area contributed by atoms with E-state index in [1.165, 1.54) is 18.2 Å². The van der Waals surface area contributed by atoms with E-state index in [1.54, 1.807) is 18.3 Å². The number of aromatic nitrogens is 1. The Hall–Kier alpha value is -3.62. The third-order valence-electron chi connectivity index (χ3n) is 4.64. The Morgan fingerprint density at radius 3 is 2.59 bits per heavy atom. The van der Waals surface area contributed by atoms with Crippen molar-refractivity contribution in [2.45, 2.75) is 12.7 Å². The molecule has 0 spiro atoms. The molecule has 1 saturated heterocycles. The Labute approximate surface area is 189 Å². The van der Waals surface area contributed by atoms with Crippen LogP contribution in [-0.4, -0.2) is 36.2 Å². The highest BCUT2D eigenvalue weighted by atomic mass is 35.5. The van der Waals surface area contributed by atoms with Crippen molar-refractivity contribution in [3.63, 3.8) is 0 Å². The standard InChI is InChI=1S/C23H21ClN4O4/c24-17-8-16(9-19(10-17)28-23(30)31-14-15-4-2-1-3-5-15)22(29)27-18-6-7-26-21(11-18)32-20-12-25-13-20/h1-11,20,25H,12-14H2,(H,28,30)(H,26,27,29). The van der Waals surface area contributed by atoms with Gasteiger partial charge in [0.15, 0.2) is 0 Å². The van der Waals surface area contributed by atoms with Gasteiger partial charge in [-0.05, 0) is 29.8 Å². The average molecular weight is 453 g/mol. The first-order valence-corrected chi connectivity index (χ1v) is 10.4. The zero-order chi connectivity index (χ0) is 22.3. The van der Waals surface area contributed by atoms with Crippen LogP contribution in [0.5, 0.6) is 5.88 Å². The van der Waals surface area contributed by atoms with Gasteiger partial charge < -0.3 is 20.1 Å². The van der Waals surface area contributed by atoms with Crippen LogP contribution in [0.2, 0.25) is 5.02 Å². The molecular weight excluding hydrogens is 432 g/mol. The second-order valence-electron chi connectivity index (χ2n) is 7.15. The highest BCUT2D eigenvalue weighted by Gasteiger charge is 2.19. The third-order valence-corrected chi connectivity index (χ3v) is 4.86. The highest BCUT2D eigenvalue weighted by Crippen LogP contribution is 2.22. The predicted octanol–water partition coefficient (Wildman–Crippen LogP) is 4.09. The molecule has 0 aliphatic carbocycles. The molecule has 0 bridgehead atoms. The molecule has 4 rings (SSSR count). The molecule has 2 aromatic carbocycles. The van der Waals surface area contributed by atoms with Crippen molar-refractivity contribution in [2.24, 2.45) is 0 Å². The lowest BCUT2D eigenvalue weighted by molar-refractivity contribution is 0.102. The van der Waals surface area contributed by atoms with E-state index in [-0.39, 0.29) is 18.3 Å². The van der Waals surface area contributed by atoms with Gasteiger partial charge in [-0.2, -0.15) is 0 Å². The second-order valence-corrected chi connectivity index (χ2v) is 7.59. The Morgan fingerprint density at radius 1 is 1.03 bits per heavy atom. The summed E-state index contributed by atoms with van der Waals surface area (Å²) in [5.41, 5.74) is 2.02. The summed E-state index contributed by atoms with van der Waals surface area (Å²) in [5, 5.41) is 8.79. The minimum absolute atomic E-state index is 0.0802. The van der Waals surface area contributed by atoms with Crippen molar-refractivity contribution in [2.75, 3.05) is 23.7 Å². The molecular formula is C23H21ClN4O4.